The van der Waals surface area contributed by atoms with Gasteiger partial charge in [0.05, 0.1) is 17.4 Å². The van der Waals surface area contributed by atoms with Crippen LogP contribution in [0.2, 0.25) is 0 Å². The van der Waals surface area contributed by atoms with Crippen molar-refractivity contribution in [2.75, 3.05) is 0 Å². The average Bonchev–Trinajstić information content (AvgIpc) is 2.81. The fraction of sp³-hybridized carbons (Fsp3) is 0.143. The van der Waals surface area contributed by atoms with Crippen LogP contribution in [0.15, 0.2) is 30.7 Å². The number of aryl methyl sites for hydroxylation is 2. The number of hydrogen-bond donors (Lipinski definition) is 1. The van der Waals surface area contributed by atoms with Gasteiger partial charge in [0.15, 0.2) is 5.69 Å². The van der Waals surface area contributed by atoms with Crippen molar-refractivity contribution in [3.63, 3.8) is 0 Å². The molecule has 2 heterocycles. The highest BCUT2D eigenvalue weighted by atomic mass is 16.4. The predicted molar refractivity (Wildman–Crippen MR) is 73.4 cm³/mol. The van der Waals surface area contributed by atoms with Crippen LogP contribution in [0.5, 0.6) is 0 Å². The number of carbonyl (C=O) groups is 1. The summed E-state index contributed by atoms with van der Waals surface area (Å²) in [5.74, 6) is -1.06. The molecule has 0 amide bonds. The predicted octanol–water partition coefficient (Wildman–Crippen LogP) is 2.04. The van der Waals surface area contributed by atoms with Crippen LogP contribution in [0.1, 0.15) is 16.1 Å². The number of aromatic carboxylic acids is 1. The van der Waals surface area contributed by atoms with E-state index in [0.29, 0.717) is 5.69 Å². The van der Waals surface area contributed by atoms with E-state index in [9.17, 15) is 4.79 Å². The summed E-state index contributed by atoms with van der Waals surface area (Å²) < 4.78 is 1.82. The summed E-state index contributed by atoms with van der Waals surface area (Å²) in [6.07, 6.45) is 3.05. The van der Waals surface area contributed by atoms with Crippen LogP contribution in [-0.4, -0.2) is 30.8 Å². The van der Waals surface area contributed by atoms with Crippen LogP contribution in [-0.2, 0) is 7.05 Å². The quantitative estimate of drug-likeness (QED) is 0.769. The Bertz CT molecular complexity index is 823. The first-order valence-corrected chi connectivity index (χ1v) is 6.04. The Morgan fingerprint density at radius 3 is 2.80 bits per heavy atom. The smallest absolute Gasteiger partial charge is 0.354 e. The van der Waals surface area contributed by atoms with E-state index in [-0.39, 0.29) is 5.69 Å². The zero-order valence-corrected chi connectivity index (χ0v) is 11.0. The monoisotopic (exact) mass is 268 g/mol. The van der Waals surface area contributed by atoms with Gasteiger partial charge in [-0.3, -0.25) is 4.68 Å². The zero-order valence-electron chi connectivity index (χ0n) is 11.0. The summed E-state index contributed by atoms with van der Waals surface area (Å²) in [4.78, 5) is 18.8. The minimum atomic E-state index is -1.06. The largest absolute Gasteiger partial charge is 0.477 e. The van der Waals surface area contributed by atoms with E-state index < -0.39 is 5.97 Å². The molecule has 0 radical (unpaired) electrons. The first-order chi connectivity index (χ1) is 9.56. The molecule has 0 aliphatic rings. The lowest BCUT2D eigenvalue weighted by atomic mass is 10.0. The maximum absolute atomic E-state index is 11.0. The molecule has 20 heavy (non-hydrogen) atoms. The van der Waals surface area contributed by atoms with Crippen molar-refractivity contribution in [2.24, 2.45) is 7.05 Å². The van der Waals surface area contributed by atoms with Crippen LogP contribution >= 0.6 is 0 Å². The molecule has 0 aliphatic heterocycles. The van der Waals surface area contributed by atoms with Crippen LogP contribution in [0, 0.1) is 6.92 Å². The molecule has 100 valence electrons. The number of rotatable bonds is 2. The number of hydrogen-bond acceptors (Lipinski definition) is 4. The summed E-state index contributed by atoms with van der Waals surface area (Å²) in [5.41, 5.74) is 3.55. The topological polar surface area (TPSA) is 80.9 Å². The lowest BCUT2D eigenvalue weighted by Crippen LogP contribution is -2.01. The third kappa shape index (κ3) is 1.91. The summed E-state index contributed by atoms with van der Waals surface area (Å²) in [5, 5.41) is 14.2. The average molecular weight is 268 g/mol. The number of carboxylic acids is 1. The molecule has 0 atom stereocenters. The van der Waals surface area contributed by atoms with Gasteiger partial charge in [0.2, 0.25) is 0 Å². The molecular formula is C14H12N4O2. The Morgan fingerprint density at radius 2 is 2.05 bits per heavy atom. The normalized spacial score (nSPS) is 10.9. The van der Waals surface area contributed by atoms with Crippen molar-refractivity contribution in [3.8, 4) is 11.3 Å². The van der Waals surface area contributed by atoms with E-state index in [4.69, 9.17) is 5.11 Å². The van der Waals surface area contributed by atoms with Gasteiger partial charge >= 0.3 is 5.97 Å². The summed E-state index contributed by atoms with van der Waals surface area (Å²) in [7, 11) is 1.89. The number of nitrogens with zero attached hydrogens (tertiary/aromatic N) is 4. The van der Waals surface area contributed by atoms with Crippen LogP contribution in [0.3, 0.4) is 0 Å². The second-order valence-corrected chi connectivity index (χ2v) is 4.59. The van der Waals surface area contributed by atoms with Gasteiger partial charge in [0.25, 0.3) is 0 Å². The van der Waals surface area contributed by atoms with Crippen molar-refractivity contribution in [1.82, 2.24) is 19.7 Å². The maximum Gasteiger partial charge on any atom is 0.354 e. The summed E-state index contributed by atoms with van der Waals surface area (Å²) in [6.45, 7) is 1.99. The first kappa shape index (κ1) is 12.3. The van der Waals surface area contributed by atoms with Gasteiger partial charge in [0.1, 0.15) is 6.33 Å². The number of aromatic nitrogens is 4. The SMILES string of the molecule is Cc1cc(-c2cc(C(=O)O)ncn2)cc2cnn(C)c12. The maximum atomic E-state index is 11.0. The summed E-state index contributed by atoms with van der Waals surface area (Å²) in [6, 6.07) is 5.39. The Morgan fingerprint density at radius 1 is 1.25 bits per heavy atom. The first-order valence-electron chi connectivity index (χ1n) is 6.04. The number of benzene rings is 1. The van der Waals surface area contributed by atoms with Gasteiger partial charge in [-0.15, -0.1) is 0 Å². The fourth-order valence-corrected chi connectivity index (χ4v) is 2.33. The lowest BCUT2D eigenvalue weighted by molar-refractivity contribution is 0.0690. The molecule has 3 aromatic rings. The molecule has 0 spiro atoms. The minimum Gasteiger partial charge on any atom is -0.477 e. The van der Waals surface area contributed by atoms with Gasteiger partial charge < -0.3 is 5.11 Å². The fourth-order valence-electron chi connectivity index (χ4n) is 2.33. The zero-order chi connectivity index (χ0) is 14.3. The molecule has 1 N–H and O–H groups in total. The Balaban J connectivity index is 2.19. The van der Waals surface area contributed by atoms with Crippen molar-refractivity contribution in [1.29, 1.82) is 0 Å². The molecular weight excluding hydrogens is 256 g/mol. The molecule has 2 aromatic heterocycles. The van der Waals surface area contributed by atoms with Crippen molar-refractivity contribution in [3.05, 3.63) is 42.0 Å². The number of fused-ring (bicyclic) bond motifs is 1. The molecule has 0 unspecified atom stereocenters. The molecule has 0 bridgehead atoms. The second-order valence-electron chi connectivity index (χ2n) is 4.59. The van der Waals surface area contributed by atoms with Gasteiger partial charge in [-0.05, 0) is 30.7 Å². The molecule has 0 aliphatic carbocycles. The lowest BCUT2D eigenvalue weighted by Gasteiger charge is -2.05. The molecule has 6 heteroatoms. The third-order valence-electron chi connectivity index (χ3n) is 3.21. The highest BCUT2D eigenvalue weighted by Gasteiger charge is 2.10. The molecule has 3 rings (SSSR count). The molecule has 1 aromatic carbocycles. The van der Waals surface area contributed by atoms with E-state index in [0.717, 1.165) is 22.0 Å². The van der Waals surface area contributed by atoms with Crippen LogP contribution in [0.25, 0.3) is 22.2 Å². The van der Waals surface area contributed by atoms with E-state index in [1.807, 2.05) is 30.8 Å². The van der Waals surface area contributed by atoms with Gasteiger partial charge in [-0.1, -0.05) is 0 Å². The minimum absolute atomic E-state index is 0.0149. The standard InChI is InChI=1S/C14H12N4O2/c1-8-3-9(4-10-6-17-18(2)13(8)10)11-5-12(14(19)20)16-7-15-11/h3-7H,1-2H3,(H,19,20). The van der Waals surface area contributed by atoms with Crippen molar-refractivity contribution >= 4 is 16.9 Å². The highest BCUT2D eigenvalue weighted by molar-refractivity contribution is 5.89. The van der Waals surface area contributed by atoms with Gasteiger partial charge in [0, 0.05) is 18.0 Å². The molecule has 6 nitrogen and oxygen atoms in total. The number of carboxylic acid groups (broad SMARTS) is 1. The van der Waals surface area contributed by atoms with E-state index in [2.05, 4.69) is 15.1 Å². The Hall–Kier alpha value is -2.76. The van der Waals surface area contributed by atoms with Crippen LogP contribution in [0.4, 0.5) is 0 Å². The Labute approximate surface area is 114 Å². The van der Waals surface area contributed by atoms with Crippen LogP contribution < -0.4 is 0 Å². The Kier molecular flexibility index (Phi) is 2.71. The van der Waals surface area contributed by atoms with Crippen molar-refractivity contribution < 1.29 is 9.90 Å². The van der Waals surface area contributed by atoms with E-state index >= 15 is 0 Å². The second kappa shape index (κ2) is 4.41. The van der Waals surface area contributed by atoms with Crippen molar-refractivity contribution in [2.45, 2.75) is 6.92 Å². The third-order valence-corrected chi connectivity index (χ3v) is 3.21. The van der Waals surface area contributed by atoms with Gasteiger partial charge in [-0.25, -0.2) is 14.8 Å². The van der Waals surface area contributed by atoms with E-state index in [1.165, 1.54) is 12.4 Å². The van der Waals surface area contributed by atoms with E-state index in [1.54, 1.807) is 6.20 Å². The molecule has 0 fully saturated rings. The summed E-state index contributed by atoms with van der Waals surface area (Å²) >= 11 is 0. The molecule has 0 saturated heterocycles. The molecule has 0 saturated carbocycles. The highest BCUT2D eigenvalue weighted by Crippen LogP contribution is 2.26. The van der Waals surface area contributed by atoms with Gasteiger partial charge in [-0.2, -0.15) is 5.10 Å².